The Labute approximate surface area is 200 Å². The molecule has 2 aromatic carbocycles. The van der Waals surface area contributed by atoms with Gasteiger partial charge in [0.1, 0.15) is 0 Å². The van der Waals surface area contributed by atoms with E-state index in [1.165, 1.54) is 10.6 Å². The van der Waals surface area contributed by atoms with E-state index in [9.17, 15) is 9.59 Å². The van der Waals surface area contributed by atoms with Crippen LogP contribution >= 0.6 is 0 Å². The fraction of sp³-hybridized carbons (Fsp3) is 0.276. The molecule has 34 heavy (non-hydrogen) atoms. The van der Waals surface area contributed by atoms with E-state index < -0.39 is 0 Å². The zero-order valence-corrected chi connectivity index (χ0v) is 19.3. The number of piperidine rings is 1. The van der Waals surface area contributed by atoms with Crippen molar-refractivity contribution in [3.05, 3.63) is 102 Å². The van der Waals surface area contributed by atoms with Crippen LogP contribution in [-0.4, -0.2) is 35.5 Å². The maximum absolute atomic E-state index is 13.0. The van der Waals surface area contributed by atoms with E-state index in [1.54, 1.807) is 0 Å². The molecule has 0 saturated carbocycles. The molecule has 3 aliphatic rings. The van der Waals surface area contributed by atoms with Crippen molar-refractivity contribution in [1.29, 1.82) is 0 Å². The lowest BCUT2D eigenvalue weighted by atomic mass is 9.90. The maximum Gasteiger partial charge on any atom is 0.253 e. The van der Waals surface area contributed by atoms with E-state index in [2.05, 4.69) is 41.5 Å². The molecule has 0 radical (unpaired) electrons. The zero-order chi connectivity index (χ0) is 23.3. The van der Waals surface area contributed by atoms with Gasteiger partial charge in [0.2, 0.25) is 0 Å². The van der Waals surface area contributed by atoms with Gasteiger partial charge in [0.25, 0.3) is 11.8 Å². The summed E-state index contributed by atoms with van der Waals surface area (Å²) in [5, 5.41) is 6.02. The highest BCUT2D eigenvalue weighted by Crippen LogP contribution is 2.26. The van der Waals surface area contributed by atoms with Gasteiger partial charge in [-0.15, -0.1) is 0 Å². The predicted molar refractivity (Wildman–Crippen MR) is 136 cm³/mol. The Kier molecular flexibility index (Phi) is 6.52. The number of nitrogens with zero attached hydrogens (tertiary/aromatic N) is 3. The third kappa shape index (κ3) is 4.93. The molecule has 0 aromatic heterocycles. The third-order valence-corrected chi connectivity index (χ3v) is 6.73. The maximum atomic E-state index is 13.0. The molecule has 5 nitrogen and oxygen atoms in total. The molecule has 5 rings (SSSR count). The topological polar surface area (TPSA) is 53.0 Å². The van der Waals surface area contributed by atoms with Crippen LogP contribution in [0.5, 0.6) is 0 Å². The van der Waals surface area contributed by atoms with Crippen LogP contribution in [0.25, 0.3) is 0 Å². The van der Waals surface area contributed by atoms with Crippen molar-refractivity contribution >= 4 is 23.2 Å². The Morgan fingerprint density at radius 1 is 0.971 bits per heavy atom. The van der Waals surface area contributed by atoms with Crippen LogP contribution in [0, 0.1) is 5.92 Å². The number of carbonyl (C=O) groups excluding carboxylic acids is 2. The number of allylic oxidation sites excluding steroid dienone is 6. The second-order valence-electron chi connectivity index (χ2n) is 9.08. The summed E-state index contributed by atoms with van der Waals surface area (Å²) in [7, 11) is 0. The molecular formula is C29H29N3O2. The molecule has 2 heterocycles. The lowest BCUT2D eigenvalue weighted by Crippen LogP contribution is -2.38. The predicted octanol–water partition coefficient (Wildman–Crippen LogP) is 5.32. The zero-order valence-electron chi connectivity index (χ0n) is 19.3. The van der Waals surface area contributed by atoms with Crippen LogP contribution in [0.2, 0.25) is 0 Å². The minimum Gasteiger partial charge on any atom is -0.339 e. The Hall–Kier alpha value is -3.73. The van der Waals surface area contributed by atoms with Gasteiger partial charge >= 0.3 is 0 Å². The van der Waals surface area contributed by atoms with Crippen LogP contribution in [-0.2, 0) is 11.2 Å². The standard InChI is InChI=1S/C29H29N3O2/c33-28-21-27(24-10-6-1-2-7-11-24)30-32(28)26-14-12-25(13-15-26)29(34)31-18-16-23(17-19-31)20-22-8-4-3-5-9-22/h1-6,8-15,23H,7,16-21H2. The highest BCUT2D eigenvalue weighted by Gasteiger charge is 2.28. The molecule has 2 amide bonds. The van der Waals surface area contributed by atoms with E-state index >= 15 is 0 Å². The van der Waals surface area contributed by atoms with Gasteiger partial charge in [0.05, 0.1) is 17.8 Å². The summed E-state index contributed by atoms with van der Waals surface area (Å²) in [5.74, 6) is 0.625. The summed E-state index contributed by atoms with van der Waals surface area (Å²) in [4.78, 5) is 27.6. The first-order chi connectivity index (χ1) is 16.7. The number of rotatable bonds is 5. The van der Waals surface area contributed by atoms with Crippen molar-refractivity contribution < 1.29 is 9.59 Å². The molecule has 0 N–H and O–H groups in total. The van der Waals surface area contributed by atoms with Crippen LogP contribution in [0.1, 0.15) is 41.6 Å². The van der Waals surface area contributed by atoms with Gasteiger partial charge in [-0.3, -0.25) is 9.59 Å². The number of likely N-dealkylation sites (tertiary alicyclic amines) is 1. The van der Waals surface area contributed by atoms with Crippen molar-refractivity contribution in [2.45, 2.75) is 32.1 Å². The molecule has 2 aromatic rings. The van der Waals surface area contributed by atoms with Crippen molar-refractivity contribution in [3.8, 4) is 0 Å². The van der Waals surface area contributed by atoms with Gasteiger partial charge in [0, 0.05) is 18.7 Å². The van der Waals surface area contributed by atoms with Gasteiger partial charge in [0.15, 0.2) is 0 Å². The molecular weight excluding hydrogens is 422 g/mol. The van der Waals surface area contributed by atoms with Crippen molar-refractivity contribution in [2.75, 3.05) is 18.1 Å². The van der Waals surface area contributed by atoms with E-state index in [1.807, 2.05) is 53.5 Å². The van der Waals surface area contributed by atoms with Gasteiger partial charge in [-0.05, 0) is 67.0 Å². The molecule has 0 unspecified atom stereocenters. The number of amides is 2. The Bertz CT molecular complexity index is 1170. The molecule has 172 valence electrons. The Balaban J connectivity index is 1.20. The Morgan fingerprint density at radius 3 is 2.50 bits per heavy atom. The highest BCUT2D eigenvalue weighted by atomic mass is 16.2. The lowest BCUT2D eigenvalue weighted by Gasteiger charge is -2.32. The molecule has 2 aliphatic heterocycles. The van der Waals surface area contributed by atoms with Crippen molar-refractivity contribution in [1.82, 2.24) is 4.90 Å². The van der Waals surface area contributed by atoms with Crippen LogP contribution in [0.3, 0.4) is 0 Å². The van der Waals surface area contributed by atoms with E-state index in [0.717, 1.165) is 50.1 Å². The monoisotopic (exact) mass is 451 g/mol. The largest absolute Gasteiger partial charge is 0.339 e. The highest BCUT2D eigenvalue weighted by molar-refractivity contribution is 6.20. The molecule has 0 atom stereocenters. The second kappa shape index (κ2) is 10.0. The van der Waals surface area contributed by atoms with Crippen molar-refractivity contribution in [2.24, 2.45) is 11.0 Å². The van der Waals surface area contributed by atoms with E-state index in [0.29, 0.717) is 17.2 Å². The summed E-state index contributed by atoms with van der Waals surface area (Å²) in [6.45, 7) is 1.57. The summed E-state index contributed by atoms with van der Waals surface area (Å²) in [6.07, 6.45) is 14.4. The van der Waals surface area contributed by atoms with Crippen LogP contribution in [0.15, 0.2) is 95.7 Å². The number of carbonyl (C=O) groups is 2. The lowest BCUT2D eigenvalue weighted by molar-refractivity contribution is -0.116. The van der Waals surface area contributed by atoms with E-state index in [-0.39, 0.29) is 18.2 Å². The Morgan fingerprint density at radius 2 is 1.74 bits per heavy atom. The number of hydrazone groups is 1. The molecule has 5 heteroatoms. The van der Waals surface area contributed by atoms with Gasteiger partial charge in [-0.25, -0.2) is 5.01 Å². The SMILES string of the molecule is O=C(c1ccc(N2N=C(C3=CCC=CC=C3)CC2=O)cc1)N1CCC(Cc2ccccc2)CC1. The third-order valence-electron chi connectivity index (χ3n) is 6.73. The average molecular weight is 452 g/mol. The first-order valence-corrected chi connectivity index (χ1v) is 12.0. The average Bonchev–Trinajstić information content (AvgIpc) is 3.07. The summed E-state index contributed by atoms with van der Waals surface area (Å²) in [5.41, 5.74) is 4.48. The summed E-state index contributed by atoms with van der Waals surface area (Å²) < 4.78 is 0. The summed E-state index contributed by atoms with van der Waals surface area (Å²) in [6, 6.07) is 17.8. The smallest absolute Gasteiger partial charge is 0.253 e. The van der Waals surface area contributed by atoms with Crippen LogP contribution in [0.4, 0.5) is 5.69 Å². The molecule has 1 aliphatic carbocycles. The fourth-order valence-electron chi connectivity index (χ4n) is 4.80. The molecule has 1 saturated heterocycles. The first kappa shape index (κ1) is 22.1. The minimum atomic E-state index is -0.0546. The quantitative estimate of drug-likeness (QED) is 0.618. The molecule has 1 fully saturated rings. The molecule has 0 bridgehead atoms. The fourth-order valence-corrected chi connectivity index (χ4v) is 4.80. The van der Waals surface area contributed by atoms with Crippen LogP contribution < -0.4 is 5.01 Å². The number of hydrogen-bond donors (Lipinski definition) is 0. The minimum absolute atomic E-state index is 0.0546. The normalized spacial score (nSPS) is 18.6. The molecule has 0 spiro atoms. The number of hydrogen-bond acceptors (Lipinski definition) is 3. The van der Waals surface area contributed by atoms with Gasteiger partial charge in [-0.2, -0.15) is 5.10 Å². The summed E-state index contributed by atoms with van der Waals surface area (Å²) >= 11 is 0. The number of anilines is 1. The first-order valence-electron chi connectivity index (χ1n) is 12.0. The van der Waals surface area contributed by atoms with Gasteiger partial charge < -0.3 is 4.90 Å². The second-order valence-corrected chi connectivity index (χ2v) is 9.08. The number of benzene rings is 2. The van der Waals surface area contributed by atoms with E-state index in [4.69, 9.17) is 0 Å². The van der Waals surface area contributed by atoms with Gasteiger partial charge in [-0.1, -0.05) is 60.7 Å². The van der Waals surface area contributed by atoms with Crippen molar-refractivity contribution in [3.63, 3.8) is 0 Å².